The molecule has 0 aliphatic carbocycles. The molecule has 0 radical (unpaired) electrons. The number of benzene rings is 1. The highest BCUT2D eigenvalue weighted by molar-refractivity contribution is 7.89. The van der Waals surface area contributed by atoms with Crippen molar-refractivity contribution in [3.05, 3.63) is 29.8 Å². The fourth-order valence-electron chi connectivity index (χ4n) is 2.13. The van der Waals surface area contributed by atoms with E-state index in [1.165, 1.54) is 0 Å². The van der Waals surface area contributed by atoms with Crippen LogP contribution in [0.4, 0.5) is 0 Å². The van der Waals surface area contributed by atoms with Crippen LogP contribution >= 0.6 is 0 Å². The highest BCUT2D eigenvalue weighted by Crippen LogP contribution is 2.20. The molecule has 1 atom stereocenters. The third kappa shape index (κ3) is 5.09. The summed E-state index contributed by atoms with van der Waals surface area (Å²) in [5.41, 5.74) is 6.70. The van der Waals surface area contributed by atoms with Gasteiger partial charge in [-0.25, -0.2) is 8.42 Å². The zero-order valence-electron chi connectivity index (χ0n) is 13.4. The summed E-state index contributed by atoms with van der Waals surface area (Å²) >= 11 is 0. The van der Waals surface area contributed by atoms with Gasteiger partial charge in [0.05, 0.1) is 4.90 Å². The predicted molar refractivity (Wildman–Crippen MR) is 87.6 cm³/mol. The molecule has 0 fully saturated rings. The summed E-state index contributed by atoms with van der Waals surface area (Å²) in [5.74, 6) is 0. The van der Waals surface area contributed by atoms with Crippen LogP contribution in [0.25, 0.3) is 0 Å². The molecule has 4 nitrogen and oxygen atoms in total. The molecule has 0 aliphatic heterocycles. The Morgan fingerprint density at radius 2 is 1.71 bits per heavy atom. The largest absolute Gasteiger partial charge is 0.324 e. The van der Waals surface area contributed by atoms with E-state index in [-0.39, 0.29) is 6.04 Å². The SMILES string of the molecule is CCCCN(CCCC)S(=O)(=O)c1cccc(C(C)N)c1. The van der Waals surface area contributed by atoms with Crippen LogP contribution in [-0.4, -0.2) is 25.8 Å². The summed E-state index contributed by atoms with van der Waals surface area (Å²) in [7, 11) is -3.42. The van der Waals surface area contributed by atoms with Crippen molar-refractivity contribution in [1.82, 2.24) is 4.31 Å². The lowest BCUT2D eigenvalue weighted by Crippen LogP contribution is -2.33. The monoisotopic (exact) mass is 312 g/mol. The molecular weight excluding hydrogens is 284 g/mol. The molecule has 0 amide bonds. The van der Waals surface area contributed by atoms with Crippen LogP contribution < -0.4 is 5.73 Å². The molecule has 1 aromatic carbocycles. The third-order valence-corrected chi connectivity index (χ3v) is 5.44. The number of hydrogen-bond donors (Lipinski definition) is 1. The van der Waals surface area contributed by atoms with E-state index >= 15 is 0 Å². The minimum absolute atomic E-state index is 0.167. The molecule has 0 aromatic heterocycles. The van der Waals surface area contributed by atoms with E-state index in [2.05, 4.69) is 13.8 Å². The van der Waals surface area contributed by atoms with Crippen molar-refractivity contribution in [2.45, 2.75) is 57.4 Å². The number of sulfonamides is 1. The molecule has 1 rings (SSSR count). The first-order chi connectivity index (χ1) is 9.93. The number of unbranched alkanes of at least 4 members (excludes halogenated alkanes) is 2. The molecule has 5 heteroatoms. The molecule has 0 spiro atoms. The van der Waals surface area contributed by atoms with Crippen molar-refractivity contribution >= 4 is 10.0 Å². The molecule has 0 heterocycles. The van der Waals surface area contributed by atoms with Gasteiger partial charge in [0.2, 0.25) is 10.0 Å². The zero-order valence-corrected chi connectivity index (χ0v) is 14.2. The van der Waals surface area contributed by atoms with E-state index in [4.69, 9.17) is 5.73 Å². The van der Waals surface area contributed by atoms with Gasteiger partial charge in [0, 0.05) is 19.1 Å². The summed E-state index contributed by atoms with van der Waals surface area (Å²) in [6, 6.07) is 6.83. The van der Waals surface area contributed by atoms with Gasteiger partial charge in [-0.15, -0.1) is 0 Å². The molecule has 0 saturated carbocycles. The minimum Gasteiger partial charge on any atom is -0.324 e. The summed E-state index contributed by atoms with van der Waals surface area (Å²) in [4.78, 5) is 0.351. The Bertz CT molecular complexity index is 519. The van der Waals surface area contributed by atoms with Gasteiger partial charge < -0.3 is 5.73 Å². The van der Waals surface area contributed by atoms with Crippen LogP contribution in [0.15, 0.2) is 29.2 Å². The van der Waals surface area contributed by atoms with Gasteiger partial charge in [-0.2, -0.15) is 4.31 Å². The van der Waals surface area contributed by atoms with Gasteiger partial charge in [0.25, 0.3) is 0 Å². The van der Waals surface area contributed by atoms with Crippen LogP contribution in [0.1, 0.15) is 58.1 Å². The van der Waals surface area contributed by atoms with Gasteiger partial charge in [-0.05, 0) is 37.5 Å². The number of hydrogen-bond acceptors (Lipinski definition) is 3. The van der Waals surface area contributed by atoms with Crippen molar-refractivity contribution in [3.63, 3.8) is 0 Å². The number of nitrogens with zero attached hydrogens (tertiary/aromatic N) is 1. The number of rotatable bonds is 9. The van der Waals surface area contributed by atoms with Crippen molar-refractivity contribution in [1.29, 1.82) is 0 Å². The van der Waals surface area contributed by atoms with Crippen molar-refractivity contribution < 1.29 is 8.42 Å². The lowest BCUT2D eigenvalue weighted by atomic mass is 10.1. The molecule has 21 heavy (non-hydrogen) atoms. The molecule has 0 aliphatic rings. The molecule has 1 unspecified atom stereocenters. The Kier molecular flexibility index (Phi) is 7.35. The smallest absolute Gasteiger partial charge is 0.243 e. The van der Waals surface area contributed by atoms with Gasteiger partial charge in [-0.3, -0.25) is 0 Å². The van der Waals surface area contributed by atoms with E-state index in [0.29, 0.717) is 18.0 Å². The van der Waals surface area contributed by atoms with Crippen molar-refractivity contribution in [2.75, 3.05) is 13.1 Å². The van der Waals surface area contributed by atoms with E-state index in [9.17, 15) is 8.42 Å². The first-order valence-corrected chi connectivity index (χ1v) is 9.23. The summed E-state index contributed by atoms with van der Waals surface area (Å²) < 4.78 is 27.2. The lowest BCUT2D eigenvalue weighted by molar-refractivity contribution is 0.395. The summed E-state index contributed by atoms with van der Waals surface area (Å²) in [5, 5.41) is 0. The van der Waals surface area contributed by atoms with Gasteiger partial charge in [0.15, 0.2) is 0 Å². The minimum atomic E-state index is -3.42. The van der Waals surface area contributed by atoms with Crippen LogP contribution in [0.5, 0.6) is 0 Å². The fourth-order valence-corrected chi connectivity index (χ4v) is 3.70. The maximum absolute atomic E-state index is 12.8. The highest BCUT2D eigenvalue weighted by Gasteiger charge is 2.23. The van der Waals surface area contributed by atoms with Crippen LogP contribution in [0, 0.1) is 0 Å². The molecule has 1 aromatic rings. The average Bonchev–Trinajstić information content (AvgIpc) is 2.47. The topological polar surface area (TPSA) is 63.4 Å². The number of nitrogens with two attached hydrogens (primary N) is 1. The maximum atomic E-state index is 12.8. The van der Waals surface area contributed by atoms with Gasteiger partial charge in [-0.1, -0.05) is 38.8 Å². The molecule has 0 saturated heterocycles. The highest BCUT2D eigenvalue weighted by atomic mass is 32.2. The van der Waals surface area contributed by atoms with Crippen molar-refractivity contribution in [3.8, 4) is 0 Å². The molecule has 120 valence electrons. The van der Waals surface area contributed by atoms with Crippen LogP contribution in [0.3, 0.4) is 0 Å². The Morgan fingerprint density at radius 3 is 2.19 bits per heavy atom. The normalized spacial score (nSPS) is 13.6. The zero-order chi connectivity index (χ0) is 15.9. The molecular formula is C16H28N2O2S. The first kappa shape index (κ1) is 18.1. The molecule has 0 bridgehead atoms. The average molecular weight is 312 g/mol. The standard InChI is InChI=1S/C16H28N2O2S/c1-4-6-11-18(12-7-5-2)21(19,20)16-10-8-9-15(13-16)14(3)17/h8-10,13-14H,4-7,11-12,17H2,1-3H3. The quantitative estimate of drug-likeness (QED) is 0.761. The second-order valence-corrected chi connectivity index (χ2v) is 7.41. The van der Waals surface area contributed by atoms with E-state index in [0.717, 1.165) is 31.2 Å². The third-order valence-electron chi connectivity index (χ3n) is 3.54. The van der Waals surface area contributed by atoms with Crippen molar-refractivity contribution in [2.24, 2.45) is 5.73 Å². The summed E-state index contributed by atoms with van der Waals surface area (Å²) in [6.45, 7) is 7.17. The van der Waals surface area contributed by atoms with E-state index in [1.54, 1.807) is 22.5 Å². The second-order valence-electron chi connectivity index (χ2n) is 5.47. The Morgan fingerprint density at radius 1 is 1.14 bits per heavy atom. The summed E-state index contributed by atoms with van der Waals surface area (Å²) in [6.07, 6.45) is 3.74. The van der Waals surface area contributed by atoms with Crippen LogP contribution in [-0.2, 0) is 10.0 Å². The first-order valence-electron chi connectivity index (χ1n) is 7.79. The van der Waals surface area contributed by atoms with Crippen LogP contribution in [0.2, 0.25) is 0 Å². The van der Waals surface area contributed by atoms with Gasteiger partial charge in [0.1, 0.15) is 0 Å². The van der Waals surface area contributed by atoms with E-state index in [1.807, 2.05) is 13.0 Å². The Hall–Kier alpha value is -0.910. The fraction of sp³-hybridized carbons (Fsp3) is 0.625. The Balaban J connectivity index is 3.06. The predicted octanol–water partition coefficient (Wildman–Crippen LogP) is 3.30. The lowest BCUT2D eigenvalue weighted by Gasteiger charge is -2.22. The molecule has 2 N–H and O–H groups in total. The Labute approximate surface area is 129 Å². The maximum Gasteiger partial charge on any atom is 0.243 e. The van der Waals surface area contributed by atoms with Gasteiger partial charge >= 0.3 is 0 Å². The second kappa shape index (κ2) is 8.51. The van der Waals surface area contributed by atoms with E-state index < -0.39 is 10.0 Å².